The fraction of sp³-hybridized carbons (Fsp3) is 0.269. The molecule has 1 aliphatic heterocycles. The van der Waals surface area contributed by atoms with Gasteiger partial charge in [-0.15, -0.1) is 0 Å². The number of rotatable bonds is 4. The van der Waals surface area contributed by atoms with Gasteiger partial charge in [0.25, 0.3) is 15.9 Å². The van der Waals surface area contributed by atoms with Gasteiger partial charge in [0.05, 0.1) is 17.1 Å². The van der Waals surface area contributed by atoms with Crippen LogP contribution < -0.4 is 14.4 Å². The number of hydrogen-bond donors (Lipinski definition) is 1. The first-order chi connectivity index (χ1) is 16.0. The van der Waals surface area contributed by atoms with E-state index in [0.29, 0.717) is 22.1 Å². The van der Waals surface area contributed by atoms with Crippen LogP contribution in [0.25, 0.3) is 0 Å². The van der Waals surface area contributed by atoms with Gasteiger partial charge in [0.2, 0.25) is 0 Å². The third-order valence-electron chi connectivity index (χ3n) is 5.78. The average Bonchev–Trinajstić information content (AvgIpc) is 2.80. The Hall–Kier alpha value is -3.03. The molecule has 1 heterocycles. The lowest BCUT2D eigenvalue weighted by molar-refractivity contribution is -0.122. The van der Waals surface area contributed by atoms with Crippen molar-refractivity contribution in [1.29, 1.82) is 0 Å². The number of sulfonamides is 1. The van der Waals surface area contributed by atoms with Crippen LogP contribution in [-0.2, 0) is 20.2 Å². The molecule has 1 aliphatic rings. The number of ether oxygens (including phenoxy) is 1. The van der Waals surface area contributed by atoms with Crippen LogP contribution >= 0.6 is 11.6 Å². The van der Waals surface area contributed by atoms with E-state index in [1.54, 1.807) is 54.6 Å². The van der Waals surface area contributed by atoms with Crippen LogP contribution in [0.1, 0.15) is 31.9 Å². The first kappa shape index (κ1) is 24.1. The summed E-state index contributed by atoms with van der Waals surface area (Å²) >= 11 is 6.09. The Balaban J connectivity index is 1.75. The van der Waals surface area contributed by atoms with E-state index in [1.807, 2.05) is 19.1 Å². The number of amides is 1. The molecule has 0 saturated heterocycles. The quantitative estimate of drug-likeness (QED) is 0.512. The van der Waals surface area contributed by atoms with Gasteiger partial charge >= 0.3 is 0 Å². The summed E-state index contributed by atoms with van der Waals surface area (Å²) in [6, 6.07) is 18.8. The molecule has 0 bridgehead atoms. The molecular formula is C26H27ClN2O4S. The predicted octanol–water partition coefficient (Wildman–Crippen LogP) is 5.54. The molecule has 0 aliphatic carbocycles. The molecule has 0 fully saturated rings. The summed E-state index contributed by atoms with van der Waals surface area (Å²) in [5.41, 5.74) is 2.56. The minimum absolute atomic E-state index is 0.147. The van der Waals surface area contributed by atoms with Crippen molar-refractivity contribution in [2.45, 2.75) is 44.1 Å². The first-order valence-corrected chi connectivity index (χ1v) is 12.7. The van der Waals surface area contributed by atoms with E-state index < -0.39 is 22.0 Å². The molecule has 1 amide bonds. The molecule has 0 radical (unpaired) electrons. The zero-order valence-electron chi connectivity index (χ0n) is 19.5. The van der Waals surface area contributed by atoms with E-state index >= 15 is 0 Å². The Morgan fingerprint density at radius 2 is 1.76 bits per heavy atom. The van der Waals surface area contributed by atoms with Crippen molar-refractivity contribution in [3.8, 4) is 5.75 Å². The number of carbonyl (C=O) groups is 1. The molecule has 0 saturated carbocycles. The number of carbonyl (C=O) groups excluding carboxylic acids is 1. The molecule has 8 heteroatoms. The van der Waals surface area contributed by atoms with Crippen molar-refractivity contribution >= 4 is 38.9 Å². The van der Waals surface area contributed by atoms with Crippen LogP contribution in [0.5, 0.6) is 5.75 Å². The number of benzene rings is 3. The van der Waals surface area contributed by atoms with Crippen molar-refractivity contribution in [3.05, 3.63) is 82.9 Å². The van der Waals surface area contributed by atoms with Crippen LogP contribution in [-0.4, -0.2) is 27.0 Å². The van der Waals surface area contributed by atoms with Gasteiger partial charge < -0.3 is 10.1 Å². The normalized spacial score (nSPS) is 15.9. The van der Waals surface area contributed by atoms with Gasteiger partial charge in [-0.2, -0.15) is 0 Å². The Bertz CT molecular complexity index is 1330. The van der Waals surface area contributed by atoms with Gasteiger partial charge in [-0.3, -0.25) is 9.10 Å². The zero-order chi connectivity index (χ0) is 24.7. The number of anilines is 2. The number of aryl methyl sites for hydroxylation is 1. The van der Waals surface area contributed by atoms with E-state index in [1.165, 1.54) is 4.31 Å². The van der Waals surface area contributed by atoms with E-state index in [2.05, 4.69) is 26.1 Å². The van der Waals surface area contributed by atoms with E-state index in [4.69, 9.17) is 16.3 Å². The van der Waals surface area contributed by atoms with Crippen LogP contribution in [0.2, 0.25) is 5.02 Å². The Labute approximate surface area is 205 Å². The highest BCUT2D eigenvalue weighted by atomic mass is 35.5. The summed E-state index contributed by atoms with van der Waals surface area (Å²) in [6.45, 7) is 7.85. The molecular weight excluding hydrogens is 472 g/mol. The SMILES string of the molecule is Cc1ccc(Cl)cc1NC(=O)[C@H]1CN(S(=O)(=O)c2ccccc2)c2cc(C(C)(C)C)ccc2O1. The van der Waals surface area contributed by atoms with Crippen LogP contribution in [0, 0.1) is 6.92 Å². The van der Waals surface area contributed by atoms with Crippen molar-refractivity contribution in [2.24, 2.45) is 0 Å². The molecule has 1 N–H and O–H groups in total. The minimum Gasteiger partial charge on any atom is -0.476 e. The molecule has 0 aromatic heterocycles. The molecule has 34 heavy (non-hydrogen) atoms. The summed E-state index contributed by atoms with van der Waals surface area (Å²) in [5, 5.41) is 3.31. The highest BCUT2D eigenvalue weighted by molar-refractivity contribution is 7.92. The highest BCUT2D eigenvalue weighted by Crippen LogP contribution is 2.40. The molecule has 3 aromatic rings. The van der Waals surface area contributed by atoms with E-state index in [-0.39, 0.29) is 16.9 Å². The van der Waals surface area contributed by atoms with E-state index in [9.17, 15) is 13.2 Å². The van der Waals surface area contributed by atoms with Crippen molar-refractivity contribution in [3.63, 3.8) is 0 Å². The second-order valence-electron chi connectivity index (χ2n) is 9.34. The number of fused-ring (bicyclic) bond motifs is 1. The van der Waals surface area contributed by atoms with Crippen LogP contribution in [0.4, 0.5) is 11.4 Å². The van der Waals surface area contributed by atoms with Crippen molar-refractivity contribution in [2.75, 3.05) is 16.2 Å². The van der Waals surface area contributed by atoms with Gasteiger partial charge in [0, 0.05) is 10.7 Å². The monoisotopic (exact) mass is 498 g/mol. The smallest absolute Gasteiger partial charge is 0.267 e. The van der Waals surface area contributed by atoms with E-state index in [0.717, 1.165) is 11.1 Å². The topological polar surface area (TPSA) is 75.7 Å². The van der Waals surface area contributed by atoms with Crippen LogP contribution in [0.3, 0.4) is 0 Å². The number of nitrogens with one attached hydrogen (secondary N) is 1. The maximum Gasteiger partial charge on any atom is 0.267 e. The Morgan fingerprint density at radius 3 is 2.44 bits per heavy atom. The van der Waals surface area contributed by atoms with Crippen molar-refractivity contribution in [1.82, 2.24) is 0 Å². The van der Waals surface area contributed by atoms with Gasteiger partial charge in [-0.05, 0) is 59.9 Å². The lowest BCUT2D eigenvalue weighted by Crippen LogP contribution is -2.49. The largest absolute Gasteiger partial charge is 0.476 e. The maximum absolute atomic E-state index is 13.7. The lowest BCUT2D eigenvalue weighted by Gasteiger charge is -2.36. The third-order valence-corrected chi connectivity index (χ3v) is 7.80. The third kappa shape index (κ3) is 4.76. The summed E-state index contributed by atoms with van der Waals surface area (Å²) in [6.07, 6.45) is -1.05. The first-order valence-electron chi connectivity index (χ1n) is 10.9. The Kier molecular flexibility index (Phi) is 6.36. The molecule has 1 atom stereocenters. The number of hydrogen-bond acceptors (Lipinski definition) is 4. The zero-order valence-corrected chi connectivity index (χ0v) is 21.1. The summed E-state index contributed by atoms with van der Waals surface area (Å²) < 4.78 is 34.6. The molecule has 0 unspecified atom stereocenters. The lowest BCUT2D eigenvalue weighted by atomic mass is 9.86. The number of halogens is 1. The fourth-order valence-corrected chi connectivity index (χ4v) is 5.40. The molecule has 178 valence electrons. The molecule has 4 rings (SSSR count). The average molecular weight is 499 g/mol. The second-order valence-corrected chi connectivity index (χ2v) is 11.6. The van der Waals surface area contributed by atoms with Gasteiger partial charge in [0.15, 0.2) is 6.10 Å². The molecule has 6 nitrogen and oxygen atoms in total. The molecule has 0 spiro atoms. The Morgan fingerprint density at radius 1 is 1.06 bits per heavy atom. The standard InChI is InChI=1S/C26H27ClN2O4S/c1-17-10-12-19(27)15-21(17)28-25(30)24-16-29(34(31,32)20-8-6-5-7-9-20)22-14-18(26(2,3)4)11-13-23(22)33-24/h5-15,24H,16H2,1-4H3,(H,28,30)/t24-/m1/s1. The summed E-state index contributed by atoms with van der Waals surface area (Å²) in [4.78, 5) is 13.3. The van der Waals surface area contributed by atoms with Gasteiger partial charge in [-0.1, -0.05) is 62.7 Å². The maximum atomic E-state index is 13.7. The molecule has 3 aromatic carbocycles. The minimum atomic E-state index is -3.94. The van der Waals surface area contributed by atoms with Gasteiger partial charge in [-0.25, -0.2) is 8.42 Å². The second kappa shape index (κ2) is 8.96. The highest BCUT2D eigenvalue weighted by Gasteiger charge is 2.38. The number of nitrogens with zero attached hydrogens (tertiary/aromatic N) is 1. The van der Waals surface area contributed by atoms with Gasteiger partial charge in [0.1, 0.15) is 5.75 Å². The summed E-state index contributed by atoms with van der Waals surface area (Å²) in [7, 11) is -3.94. The summed E-state index contributed by atoms with van der Waals surface area (Å²) in [5.74, 6) is -0.120. The predicted molar refractivity (Wildman–Crippen MR) is 135 cm³/mol. The van der Waals surface area contributed by atoms with Crippen LogP contribution in [0.15, 0.2) is 71.6 Å². The van der Waals surface area contributed by atoms with Crippen molar-refractivity contribution < 1.29 is 17.9 Å². The fourth-order valence-electron chi connectivity index (χ4n) is 3.74.